The topological polar surface area (TPSA) is 65.8 Å². The Morgan fingerprint density at radius 3 is 2.83 bits per heavy atom. The minimum Gasteiger partial charge on any atom is -0.488 e. The second-order valence-corrected chi connectivity index (χ2v) is 8.48. The van der Waals surface area contributed by atoms with Crippen LogP contribution in [0, 0.1) is 12.3 Å². The van der Waals surface area contributed by atoms with Gasteiger partial charge in [-0.15, -0.1) is 0 Å². The number of amidine groups is 2. The van der Waals surface area contributed by atoms with Crippen molar-refractivity contribution in [1.82, 2.24) is 4.90 Å². The Bertz CT molecular complexity index is 1120. The van der Waals surface area contributed by atoms with Gasteiger partial charge in [-0.2, -0.15) is 4.99 Å². The van der Waals surface area contributed by atoms with Crippen LogP contribution in [-0.4, -0.2) is 21.8 Å². The van der Waals surface area contributed by atoms with Crippen LogP contribution in [0.5, 0.6) is 5.75 Å². The molecule has 0 bridgehead atoms. The fourth-order valence-corrected chi connectivity index (χ4v) is 4.46. The molecule has 5 nitrogen and oxygen atoms in total. The standard InChI is InChI=1S/C22H18BrN3O2S/c1-13-4-3-5-16(8-13)11-28-19-7-6-15(10-18(19)23)9-17-20(24)26-14(2)12-29-22(26)25-21(17)27/h3-10,12,24H,11H2,1-2H3. The molecular weight excluding hydrogens is 450 g/mol. The van der Waals surface area contributed by atoms with Crippen LogP contribution in [0.4, 0.5) is 0 Å². The lowest BCUT2D eigenvalue weighted by Gasteiger charge is -2.25. The Hall–Kier alpha value is -2.64. The highest BCUT2D eigenvalue weighted by atomic mass is 79.9. The molecule has 0 atom stereocenters. The van der Waals surface area contributed by atoms with E-state index in [1.165, 1.54) is 17.3 Å². The van der Waals surface area contributed by atoms with E-state index in [9.17, 15) is 4.79 Å². The van der Waals surface area contributed by atoms with Crippen LogP contribution in [0.1, 0.15) is 23.6 Å². The van der Waals surface area contributed by atoms with Crippen LogP contribution in [0.2, 0.25) is 0 Å². The average molecular weight is 468 g/mol. The number of halogens is 1. The van der Waals surface area contributed by atoms with E-state index in [0.29, 0.717) is 17.5 Å². The summed E-state index contributed by atoms with van der Waals surface area (Å²) in [7, 11) is 0. The third-order valence-electron chi connectivity index (χ3n) is 4.53. The number of aliphatic imine (C=N–C) groups is 1. The predicted octanol–water partition coefficient (Wildman–Crippen LogP) is 5.50. The Morgan fingerprint density at radius 1 is 1.24 bits per heavy atom. The zero-order valence-corrected chi connectivity index (χ0v) is 18.3. The van der Waals surface area contributed by atoms with Crippen LogP contribution in [-0.2, 0) is 11.4 Å². The molecule has 2 heterocycles. The maximum atomic E-state index is 12.4. The van der Waals surface area contributed by atoms with E-state index in [-0.39, 0.29) is 11.4 Å². The van der Waals surface area contributed by atoms with Gasteiger partial charge in [-0.1, -0.05) is 47.7 Å². The Labute approximate surface area is 181 Å². The highest BCUT2D eigenvalue weighted by molar-refractivity contribution is 9.10. The van der Waals surface area contributed by atoms with Gasteiger partial charge in [0.05, 0.1) is 10.0 Å². The number of allylic oxidation sites excluding steroid dienone is 1. The monoisotopic (exact) mass is 467 g/mol. The minimum atomic E-state index is -0.396. The molecule has 0 spiro atoms. The lowest BCUT2D eigenvalue weighted by atomic mass is 10.1. The van der Waals surface area contributed by atoms with Gasteiger partial charge in [0.15, 0.2) is 5.17 Å². The van der Waals surface area contributed by atoms with Gasteiger partial charge < -0.3 is 4.74 Å². The summed E-state index contributed by atoms with van der Waals surface area (Å²) in [5.41, 5.74) is 4.24. The molecule has 0 saturated carbocycles. The molecule has 2 aliphatic heterocycles. The predicted molar refractivity (Wildman–Crippen MR) is 121 cm³/mol. The molecule has 146 valence electrons. The van der Waals surface area contributed by atoms with Crippen molar-refractivity contribution < 1.29 is 9.53 Å². The molecule has 4 rings (SSSR count). The minimum absolute atomic E-state index is 0.148. The van der Waals surface area contributed by atoms with Crippen LogP contribution in [0.15, 0.2) is 68.6 Å². The Morgan fingerprint density at radius 2 is 2.07 bits per heavy atom. The quantitative estimate of drug-likeness (QED) is 0.602. The van der Waals surface area contributed by atoms with E-state index >= 15 is 0 Å². The number of thioether (sulfide) groups is 1. The van der Waals surface area contributed by atoms with Gasteiger partial charge in [0, 0.05) is 5.70 Å². The highest BCUT2D eigenvalue weighted by Gasteiger charge is 2.33. The molecule has 0 aromatic heterocycles. The number of nitrogens with zero attached hydrogens (tertiary/aromatic N) is 2. The van der Waals surface area contributed by atoms with Gasteiger partial charge in [0.2, 0.25) is 0 Å². The maximum Gasteiger partial charge on any atom is 0.283 e. The zero-order chi connectivity index (χ0) is 20.5. The zero-order valence-electron chi connectivity index (χ0n) is 15.9. The lowest BCUT2D eigenvalue weighted by molar-refractivity contribution is -0.114. The van der Waals surface area contributed by atoms with Crippen LogP contribution >= 0.6 is 27.7 Å². The summed E-state index contributed by atoms with van der Waals surface area (Å²) in [4.78, 5) is 18.2. The number of carbonyl (C=O) groups excluding carboxylic acids is 1. The molecule has 2 aromatic carbocycles. The molecular formula is C22H18BrN3O2S. The summed E-state index contributed by atoms with van der Waals surface area (Å²) in [6.07, 6.45) is 1.69. The van der Waals surface area contributed by atoms with Gasteiger partial charge >= 0.3 is 0 Å². The average Bonchev–Trinajstić information content (AvgIpc) is 3.05. The van der Waals surface area contributed by atoms with Gasteiger partial charge in [-0.3, -0.25) is 15.1 Å². The van der Waals surface area contributed by atoms with E-state index in [2.05, 4.69) is 40.0 Å². The van der Waals surface area contributed by atoms with Gasteiger partial charge in [0.25, 0.3) is 5.91 Å². The third kappa shape index (κ3) is 4.06. The summed E-state index contributed by atoms with van der Waals surface area (Å²) in [6.45, 7) is 4.42. The summed E-state index contributed by atoms with van der Waals surface area (Å²) >= 11 is 4.90. The van der Waals surface area contributed by atoms with Crippen molar-refractivity contribution in [2.45, 2.75) is 20.5 Å². The number of rotatable bonds is 4. The molecule has 0 saturated heterocycles. The number of benzene rings is 2. The number of amides is 1. The van der Waals surface area contributed by atoms with Crippen molar-refractivity contribution in [3.05, 3.63) is 80.3 Å². The number of carbonyl (C=O) groups is 1. The third-order valence-corrected chi connectivity index (χ3v) is 6.09. The summed E-state index contributed by atoms with van der Waals surface area (Å²) in [6, 6.07) is 13.8. The largest absolute Gasteiger partial charge is 0.488 e. The SMILES string of the molecule is CC1=CSC2=NC(=O)C(=Cc3ccc(OCc4cccc(C)c4)c(Br)c3)C(=N)N12. The van der Waals surface area contributed by atoms with Crippen molar-refractivity contribution in [1.29, 1.82) is 5.41 Å². The molecule has 1 amide bonds. The van der Waals surface area contributed by atoms with Crippen LogP contribution < -0.4 is 4.74 Å². The number of hydrogen-bond acceptors (Lipinski definition) is 4. The van der Waals surface area contributed by atoms with Crippen LogP contribution in [0.25, 0.3) is 6.08 Å². The molecule has 0 fully saturated rings. The van der Waals surface area contributed by atoms with Gasteiger partial charge in [-0.05, 0) is 64.5 Å². The molecule has 29 heavy (non-hydrogen) atoms. The second-order valence-electron chi connectivity index (χ2n) is 6.79. The van der Waals surface area contributed by atoms with Crippen molar-refractivity contribution in [3.63, 3.8) is 0 Å². The summed E-state index contributed by atoms with van der Waals surface area (Å²) in [5, 5.41) is 10.9. The number of ether oxygens (including phenoxy) is 1. The fourth-order valence-electron chi connectivity index (χ4n) is 3.10. The molecule has 2 aliphatic rings. The van der Waals surface area contributed by atoms with E-state index in [4.69, 9.17) is 10.1 Å². The first-order valence-corrected chi connectivity index (χ1v) is 10.6. The molecule has 0 unspecified atom stereocenters. The normalized spacial score (nSPS) is 17.3. The first-order chi connectivity index (χ1) is 13.9. The fraction of sp³-hybridized carbons (Fsp3) is 0.136. The molecule has 2 aromatic rings. The molecule has 0 aliphatic carbocycles. The van der Waals surface area contributed by atoms with Gasteiger partial charge in [0.1, 0.15) is 18.2 Å². The van der Waals surface area contributed by atoms with E-state index in [0.717, 1.165) is 21.3 Å². The van der Waals surface area contributed by atoms with Crippen molar-refractivity contribution in [2.75, 3.05) is 0 Å². The van der Waals surface area contributed by atoms with E-state index in [1.54, 1.807) is 11.0 Å². The Kier molecular flexibility index (Phi) is 5.43. The molecule has 7 heteroatoms. The first kappa shape index (κ1) is 19.7. The molecule has 1 N–H and O–H groups in total. The number of hydrogen-bond donors (Lipinski definition) is 1. The van der Waals surface area contributed by atoms with E-state index < -0.39 is 5.91 Å². The smallest absolute Gasteiger partial charge is 0.283 e. The number of fused-ring (bicyclic) bond motifs is 1. The second kappa shape index (κ2) is 8.00. The van der Waals surface area contributed by atoms with Crippen LogP contribution in [0.3, 0.4) is 0 Å². The van der Waals surface area contributed by atoms with Crippen molar-refractivity contribution >= 4 is 50.7 Å². The summed E-state index contributed by atoms with van der Waals surface area (Å²) < 4.78 is 6.70. The number of aryl methyl sites for hydroxylation is 1. The van der Waals surface area contributed by atoms with Crippen molar-refractivity contribution in [2.24, 2.45) is 4.99 Å². The van der Waals surface area contributed by atoms with Crippen molar-refractivity contribution in [3.8, 4) is 5.75 Å². The Balaban J connectivity index is 1.54. The van der Waals surface area contributed by atoms with Gasteiger partial charge in [-0.25, -0.2) is 0 Å². The van der Waals surface area contributed by atoms with E-state index in [1.807, 2.05) is 42.7 Å². The first-order valence-electron chi connectivity index (χ1n) is 8.97. The summed E-state index contributed by atoms with van der Waals surface area (Å²) in [5.74, 6) is 0.469. The number of nitrogens with one attached hydrogen (secondary N) is 1. The maximum absolute atomic E-state index is 12.4. The highest BCUT2D eigenvalue weighted by Crippen LogP contribution is 2.33. The molecule has 0 radical (unpaired) electrons. The lowest BCUT2D eigenvalue weighted by Crippen LogP contribution is -2.37.